The molecular formula is C14H18ClN3O2. The summed E-state index contributed by atoms with van der Waals surface area (Å²) in [6, 6.07) is 4.82. The van der Waals surface area contributed by atoms with Gasteiger partial charge in [0.25, 0.3) is 5.91 Å². The second-order valence-corrected chi connectivity index (χ2v) is 5.78. The summed E-state index contributed by atoms with van der Waals surface area (Å²) in [5.74, 6) is -0.232. The van der Waals surface area contributed by atoms with E-state index in [0.29, 0.717) is 35.8 Å². The van der Waals surface area contributed by atoms with Crippen LogP contribution in [0, 0.1) is 5.41 Å². The van der Waals surface area contributed by atoms with Gasteiger partial charge in [0.15, 0.2) is 0 Å². The number of nitrogen functional groups attached to an aromatic ring is 1. The van der Waals surface area contributed by atoms with E-state index in [2.05, 4.69) is 5.32 Å². The molecule has 1 aliphatic heterocycles. The first-order valence-corrected chi connectivity index (χ1v) is 6.82. The molecule has 5 nitrogen and oxygen atoms in total. The highest BCUT2D eigenvalue weighted by molar-refractivity contribution is 6.31. The van der Waals surface area contributed by atoms with E-state index in [9.17, 15) is 9.59 Å². The highest BCUT2D eigenvalue weighted by atomic mass is 35.5. The largest absolute Gasteiger partial charge is 0.398 e. The van der Waals surface area contributed by atoms with Crippen molar-refractivity contribution >= 4 is 29.1 Å². The lowest BCUT2D eigenvalue weighted by molar-refractivity contribution is -0.128. The third kappa shape index (κ3) is 2.58. The summed E-state index contributed by atoms with van der Waals surface area (Å²) in [5, 5.41) is 3.11. The van der Waals surface area contributed by atoms with Gasteiger partial charge in [-0.25, -0.2) is 0 Å². The molecule has 2 rings (SSSR count). The molecule has 1 unspecified atom stereocenters. The maximum absolute atomic E-state index is 12.5. The van der Waals surface area contributed by atoms with E-state index in [1.165, 1.54) is 0 Å². The summed E-state index contributed by atoms with van der Waals surface area (Å²) in [6.45, 7) is 2.78. The minimum Gasteiger partial charge on any atom is -0.398 e. The second-order valence-electron chi connectivity index (χ2n) is 5.35. The summed E-state index contributed by atoms with van der Waals surface area (Å²) in [5.41, 5.74) is 6.07. The Morgan fingerprint density at radius 2 is 2.15 bits per heavy atom. The molecule has 0 saturated carbocycles. The van der Waals surface area contributed by atoms with Crippen LogP contribution >= 0.6 is 11.6 Å². The number of carbonyl (C=O) groups is 2. The monoisotopic (exact) mass is 295 g/mol. The third-order valence-electron chi connectivity index (χ3n) is 3.78. The number of nitrogens with two attached hydrogens (primary N) is 1. The lowest BCUT2D eigenvalue weighted by Crippen LogP contribution is -2.40. The predicted octanol–water partition coefficient (Wildman–Crippen LogP) is 1.52. The lowest BCUT2D eigenvalue weighted by atomic mass is 9.89. The van der Waals surface area contributed by atoms with Crippen LogP contribution in [0.1, 0.15) is 23.7 Å². The number of hydrogen-bond acceptors (Lipinski definition) is 3. The van der Waals surface area contributed by atoms with Gasteiger partial charge in [0.05, 0.1) is 11.0 Å². The van der Waals surface area contributed by atoms with Crippen molar-refractivity contribution in [1.82, 2.24) is 10.2 Å². The van der Waals surface area contributed by atoms with E-state index in [1.54, 1.807) is 30.1 Å². The van der Waals surface area contributed by atoms with E-state index in [0.717, 1.165) is 0 Å². The van der Waals surface area contributed by atoms with E-state index in [-0.39, 0.29) is 11.8 Å². The van der Waals surface area contributed by atoms with E-state index in [4.69, 9.17) is 17.3 Å². The molecule has 0 aromatic heterocycles. The van der Waals surface area contributed by atoms with Gasteiger partial charge in [0.1, 0.15) is 0 Å². The molecule has 2 amide bonds. The Morgan fingerprint density at radius 3 is 2.80 bits per heavy atom. The Hall–Kier alpha value is -1.75. The molecule has 6 heteroatoms. The van der Waals surface area contributed by atoms with Crippen LogP contribution in [0.4, 0.5) is 5.69 Å². The van der Waals surface area contributed by atoms with Gasteiger partial charge >= 0.3 is 0 Å². The summed E-state index contributed by atoms with van der Waals surface area (Å²) in [4.78, 5) is 26.0. The van der Waals surface area contributed by atoms with Gasteiger partial charge in [-0.3, -0.25) is 9.59 Å². The van der Waals surface area contributed by atoms with Crippen LogP contribution in [0.5, 0.6) is 0 Å². The van der Waals surface area contributed by atoms with Gasteiger partial charge in [-0.05, 0) is 31.5 Å². The quantitative estimate of drug-likeness (QED) is 0.812. The molecule has 1 aromatic rings. The zero-order chi connectivity index (χ0) is 14.9. The topological polar surface area (TPSA) is 75.4 Å². The van der Waals surface area contributed by atoms with Crippen molar-refractivity contribution in [3.8, 4) is 0 Å². The fraction of sp³-hybridized carbons (Fsp3) is 0.429. The highest BCUT2D eigenvalue weighted by Gasteiger charge is 2.41. The molecule has 1 atom stereocenters. The van der Waals surface area contributed by atoms with E-state index in [1.807, 2.05) is 6.92 Å². The number of carbonyl (C=O) groups excluding carboxylic acids is 2. The van der Waals surface area contributed by atoms with Gasteiger partial charge < -0.3 is 16.0 Å². The highest BCUT2D eigenvalue weighted by Crippen LogP contribution is 2.32. The molecule has 1 fully saturated rings. The molecule has 108 valence electrons. The summed E-state index contributed by atoms with van der Waals surface area (Å²) in [6.07, 6.45) is 0.638. The standard InChI is InChI=1S/C14H18ClN3O2/c1-14(13(20)17-2)5-6-18(8-14)12(19)10-7-9(15)3-4-11(10)16/h3-4,7H,5-6,8,16H2,1-2H3,(H,17,20). The smallest absolute Gasteiger partial charge is 0.256 e. The molecule has 0 bridgehead atoms. The average Bonchev–Trinajstić information content (AvgIpc) is 2.83. The maximum Gasteiger partial charge on any atom is 0.256 e. The molecule has 3 N–H and O–H groups in total. The van der Waals surface area contributed by atoms with E-state index < -0.39 is 5.41 Å². The zero-order valence-corrected chi connectivity index (χ0v) is 12.3. The van der Waals surface area contributed by atoms with Crippen molar-refractivity contribution in [1.29, 1.82) is 0 Å². The maximum atomic E-state index is 12.5. The number of likely N-dealkylation sites (tertiary alicyclic amines) is 1. The fourth-order valence-electron chi connectivity index (χ4n) is 2.51. The van der Waals surface area contributed by atoms with Crippen LogP contribution in [-0.2, 0) is 4.79 Å². The number of anilines is 1. The van der Waals surface area contributed by atoms with Crippen LogP contribution < -0.4 is 11.1 Å². The first-order chi connectivity index (χ1) is 9.37. The zero-order valence-electron chi connectivity index (χ0n) is 11.6. The normalized spacial score (nSPS) is 21.9. The molecular weight excluding hydrogens is 278 g/mol. The number of amides is 2. The minimum absolute atomic E-state index is 0.0492. The Morgan fingerprint density at radius 1 is 1.45 bits per heavy atom. The van der Waals surface area contributed by atoms with Crippen molar-refractivity contribution in [2.24, 2.45) is 5.41 Å². The number of benzene rings is 1. The number of halogens is 1. The molecule has 0 spiro atoms. The Labute approximate surface area is 123 Å². The average molecular weight is 296 g/mol. The number of rotatable bonds is 2. The summed E-state index contributed by atoms with van der Waals surface area (Å²) >= 11 is 5.91. The molecule has 20 heavy (non-hydrogen) atoms. The minimum atomic E-state index is -0.544. The molecule has 1 saturated heterocycles. The van der Waals surface area contributed by atoms with Crippen molar-refractivity contribution in [2.45, 2.75) is 13.3 Å². The van der Waals surface area contributed by atoms with Gasteiger partial charge in [-0.2, -0.15) is 0 Å². The Kier molecular flexibility index (Phi) is 3.90. The van der Waals surface area contributed by atoms with Crippen molar-refractivity contribution in [2.75, 3.05) is 25.9 Å². The molecule has 1 aliphatic rings. The molecule has 1 heterocycles. The number of nitrogens with zero attached hydrogens (tertiary/aromatic N) is 1. The molecule has 0 radical (unpaired) electrons. The Bertz CT molecular complexity index is 561. The summed E-state index contributed by atoms with van der Waals surface area (Å²) in [7, 11) is 1.60. The van der Waals surface area contributed by atoms with Crippen LogP contribution in [-0.4, -0.2) is 36.9 Å². The van der Waals surface area contributed by atoms with Gasteiger partial charge in [0, 0.05) is 30.8 Å². The predicted molar refractivity (Wildman–Crippen MR) is 78.6 cm³/mol. The van der Waals surface area contributed by atoms with Crippen LogP contribution in [0.2, 0.25) is 5.02 Å². The fourth-order valence-corrected chi connectivity index (χ4v) is 2.68. The van der Waals surface area contributed by atoms with Crippen LogP contribution in [0.25, 0.3) is 0 Å². The third-order valence-corrected chi connectivity index (χ3v) is 4.02. The second kappa shape index (κ2) is 5.32. The van der Waals surface area contributed by atoms with Gasteiger partial charge in [-0.15, -0.1) is 0 Å². The molecule has 0 aliphatic carbocycles. The van der Waals surface area contributed by atoms with Crippen LogP contribution in [0.3, 0.4) is 0 Å². The van der Waals surface area contributed by atoms with E-state index >= 15 is 0 Å². The summed E-state index contributed by atoms with van der Waals surface area (Å²) < 4.78 is 0. The SMILES string of the molecule is CNC(=O)C1(C)CCN(C(=O)c2cc(Cl)ccc2N)C1. The lowest BCUT2D eigenvalue weighted by Gasteiger charge is -2.23. The van der Waals surface area contributed by atoms with Gasteiger partial charge in [-0.1, -0.05) is 11.6 Å². The Balaban J connectivity index is 2.20. The van der Waals surface area contributed by atoms with Crippen molar-refractivity contribution in [3.63, 3.8) is 0 Å². The first kappa shape index (κ1) is 14.7. The number of nitrogens with one attached hydrogen (secondary N) is 1. The molecule has 1 aromatic carbocycles. The van der Waals surface area contributed by atoms with Crippen LogP contribution in [0.15, 0.2) is 18.2 Å². The first-order valence-electron chi connectivity index (χ1n) is 6.44. The number of hydrogen-bond donors (Lipinski definition) is 2. The van der Waals surface area contributed by atoms with Gasteiger partial charge in [0.2, 0.25) is 5.91 Å². The van der Waals surface area contributed by atoms with Crippen molar-refractivity contribution < 1.29 is 9.59 Å². The van der Waals surface area contributed by atoms with Crippen molar-refractivity contribution in [3.05, 3.63) is 28.8 Å².